The van der Waals surface area contributed by atoms with Crippen LogP contribution in [0.25, 0.3) is 0 Å². The van der Waals surface area contributed by atoms with Crippen LogP contribution in [0.15, 0.2) is 96.1 Å². The first kappa shape index (κ1) is 21.0. The van der Waals surface area contributed by atoms with E-state index in [0.29, 0.717) is 5.71 Å². The lowest BCUT2D eigenvalue weighted by Crippen LogP contribution is -2.43. The minimum Gasteiger partial charge on any atom is -0.292 e. The summed E-state index contributed by atoms with van der Waals surface area (Å²) in [6, 6.07) is 30.9. The van der Waals surface area contributed by atoms with Gasteiger partial charge in [-0.15, -0.1) is 0 Å². The predicted octanol–water partition coefficient (Wildman–Crippen LogP) is 6.34. The van der Waals surface area contributed by atoms with Gasteiger partial charge in [0.1, 0.15) is 10.2 Å². The highest BCUT2D eigenvalue weighted by Crippen LogP contribution is 2.37. The highest BCUT2D eigenvalue weighted by Gasteiger charge is 2.37. The van der Waals surface area contributed by atoms with Crippen LogP contribution >= 0.6 is 15.9 Å². The van der Waals surface area contributed by atoms with Gasteiger partial charge in [-0.3, -0.25) is 10.8 Å². The van der Waals surface area contributed by atoms with Crippen LogP contribution in [0, 0.1) is 10.8 Å². The minimum atomic E-state index is -0.692. The molecule has 0 saturated heterocycles. The first-order valence-electron chi connectivity index (χ1n) is 9.62. The van der Waals surface area contributed by atoms with E-state index in [2.05, 4.69) is 78.5 Å². The van der Waals surface area contributed by atoms with Crippen molar-refractivity contribution in [3.8, 4) is 0 Å². The summed E-state index contributed by atoms with van der Waals surface area (Å²) in [5, 5.41) is 13.0. The summed E-state index contributed by atoms with van der Waals surface area (Å²) in [7, 11) is 0. The molecule has 0 spiro atoms. The van der Waals surface area contributed by atoms with Gasteiger partial charge in [0.25, 0.3) is 0 Å². The first-order chi connectivity index (χ1) is 13.9. The fourth-order valence-electron chi connectivity index (χ4n) is 3.44. The smallest absolute Gasteiger partial charge is 0.130 e. The highest BCUT2D eigenvalue weighted by atomic mass is 79.9. The van der Waals surface area contributed by atoms with Crippen LogP contribution in [-0.4, -0.2) is 10.3 Å². The van der Waals surface area contributed by atoms with E-state index in [0.717, 1.165) is 16.7 Å². The van der Waals surface area contributed by atoms with Gasteiger partial charge in [-0.2, -0.15) is 5.10 Å². The Hall–Kier alpha value is -2.72. The molecule has 29 heavy (non-hydrogen) atoms. The summed E-state index contributed by atoms with van der Waals surface area (Å²) < 4.78 is 0.278. The standard InChI is InChI=1S/C25H26BrN3/c1-24(2,3)22(23(26)27)28-29-25(19-13-7-4-8-14-19,20-15-9-5-10-16-20)21-17-11-6-12-18-21/h4-18,27,29H,1-3H3/b27-23?,28-22+. The Kier molecular flexibility index (Phi) is 6.33. The number of rotatable bonds is 6. The maximum absolute atomic E-state index is 8.17. The SMILES string of the molecule is CC(C)(C)/C(=N/NC(c1ccccc1)(c1ccccc1)c1ccccc1)C(=N)Br. The second-order valence-corrected chi connectivity index (χ2v) is 8.78. The third-order valence-electron chi connectivity index (χ3n) is 4.87. The summed E-state index contributed by atoms with van der Waals surface area (Å²) in [5.41, 5.74) is 6.40. The average Bonchev–Trinajstić information content (AvgIpc) is 2.72. The Bertz CT molecular complexity index is 878. The lowest BCUT2D eigenvalue weighted by atomic mass is 9.77. The molecular weight excluding hydrogens is 422 g/mol. The van der Waals surface area contributed by atoms with Crippen molar-refractivity contribution >= 4 is 26.3 Å². The Morgan fingerprint density at radius 3 is 1.34 bits per heavy atom. The summed E-state index contributed by atoms with van der Waals surface area (Å²) in [4.78, 5) is 0. The summed E-state index contributed by atoms with van der Waals surface area (Å²) in [6.07, 6.45) is 0. The molecule has 4 heteroatoms. The van der Waals surface area contributed by atoms with Gasteiger partial charge in [-0.25, -0.2) is 0 Å². The normalized spacial score (nSPS) is 12.5. The minimum absolute atomic E-state index is 0.278. The van der Waals surface area contributed by atoms with Gasteiger partial charge in [0.15, 0.2) is 0 Å². The molecule has 2 N–H and O–H groups in total. The van der Waals surface area contributed by atoms with Crippen molar-refractivity contribution < 1.29 is 0 Å². The third-order valence-corrected chi connectivity index (χ3v) is 5.25. The van der Waals surface area contributed by atoms with Crippen molar-refractivity contribution in [2.45, 2.75) is 26.3 Å². The van der Waals surface area contributed by atoms with E-state index in [1.807, 2.05) is 54.6 Å². The number of halogens is 1. The molecule has 0 aliphatic carbocycles. The summed E-state index contributed by atoms with van der Waals surface area (Å²) >= 11 is 3.33. The fraction of sp³-hybridized carbons (Fsp3) is 0.200. The van der Waals surface area contributed by atoms with E-state index in [1.165, 1.54) is 0 Å². The van der Waals surface area contributed by atoms with Gasteiger partial charge >= 0.3 is 0 Å². The van der Waals surface area contributed by atoms with E-state index in [-0.39, 0.29) is 10.0 Å². The Labute approximate surface area is 181 Å². The molecule has 0 saturated carbocycles. The van der Waals surface area contributed by atoms with Crippen LogP contribution in [0.5, 0.6) is 0 Å². The maximum atomic E-state index is 8.17. The van der Waals surface area contributed by atoms with E-state index in [4.69, 9.17) is 10.5 Å². The predicted molar refractivity (Wildman–Crippen MR) is 126 cm³/mol. The molecule has 0 unspecified atom stereocenters. The lowest BCUT2D eigenvalue weighted by molar-refractivity contribution is 0.482. The van der Waals surface area contributed by atoms with Crippen LogP contribution in [0.2, 0.25) is 0 Å². The number of benzene rings is 3. The van der Waals surface area contributed by atoms with Gasteiger partial charge in [-0.05, 0) is 32.6 Å². The molecule has 0 aromatic heterocycles. The fourth-order valence-corrected chi connectivity index (χ4v) is 4.13. The molecule has 0 aliphatic rings. The Balaban J connectivity index is 2.30. The van der Waals surface area contributed by atoms with Gasteiger partial charge in [-0.1, -0.05) is 112 Å². The molecule has 0 radical (unpaired) electrons. The maximum Gasteiger partial charge on any atom is 0.130 e. The number of nitrogens with one attached hydrogen (secondary N) is 2. The number of hydrazone groups is 1. The van der Waals surface area contributed by atoms with Gasteiger partial charge in [0.2, 0.25) is 0 Å². The van der Waals surface area contributed by atoms with E-state index < -0.39 is 5.54 Å². The third kappa shape index (κ3) is 4.48. The summed E-state index contributed by atoms with van der Waals surface area (Å²) in [5.74, 6) is 0. The van der Waals surface area contributed by atoms with Crippen molar-refractivity contribution in [2.75, 3.05) is 0 Å². The van der Waals surface area contributed by atoms with Crippen molar-refractivity contribution in [3.05, 3.63) is 108 Å². The lowest BCUT2D eigenvalue weighted by Gasteiger charge is -2.36. The molecule has 3 rings (SSSR count). The highest BCUT2D eigenvalue weighted by molar-refractivity contribution is 9.19. The Morgan fingerprint density at radius 2 is 1.07 bits per heavy atom. The second kappa shape index (κ2) is 8.75. The molecule has 3 aromatic carbocycles. The zero-order valence-electron chi connectivity index (χ0n) is 17.0. The van der Waals surface area contributed by atoms with Crippen LogP contribution in [0.3, 0.4) is 0 Å². The van der Waals surface area contributed by atoms with Crippen molar-refractivity contribution in [3.63, 3.8) is 0 Å². The van der Waals surface area contributed by atoms with Crippen molar-refractivity contribution in [1.82, 2.24) is 5.43 Å². The van der Waals surface area contributed by atoms with Crippen LogP contribution in [0.4, 0.5) is 0 Å². The second-order valence-electron chi connectivity index (χ2n) is 7.98. The van der Waals surface area contributed by atoms with Gasteiger partial charge in [0.05, 0.1) is 5.71 Å². The molecule has 0 atom stereocenters. The molecule has 0 fully saturated rings. The number of hydrogen-bond acceptors (Lipinski definition) is 3. The topological polar surface area (TPSA) is 48.2 Å². The molecule has 0 heterocycles. The summed E-state index contributed by atoms with van der Waals surface area (Å²) in [6.45, 7) is 6.16. The van der Waals surface area contributed by atoms with E-state index >= 15 is 0 Å². The van der Waals surface area contributed by atoms with Crippen molar-refractivity contribution in [1.29, 1.82) is 5.41 Å². The van der Waals surface area contributed by atoms with E-state index in [1.54, 1.807) is 0 Å². The molecule has 0 amide bonds. The molecule has 3 aromatic rings. The van der Waals surface area contributed by atoms with Gasteiger partial charge in [0, 0.05) is 5.41 Å². The number of hydrogen-bond donors (Lipinski definition) is 2. The van der Waals surface area contributed by atoms with E-state index in [9.17, 15) is 0 Å². The zero-order valence-corrected chi connectivity index (χ0v) is 18.6. The quantitative estimate of drug-likeness (QED) is 0.258. The zero-order chi connectivity index (χ0) is 20.9. The molecule has 0 aliphatic heterocycles. The number of nitrogens with zero attached hydrogens (tertiary/aromatic N) is 1. The van der Waals surface area contributed by atoms with Gasteiger partial charge < -0.3 is 0 Å². The van der Waals surface area contributed by atoms with Crippen LogP contribution in [0.1, 0.15) is 37.5 Å². The largest absolute Gasteiger partial charge is 0.292 e. The average molecular weight is 448 g/mol. The molecular formula is C25H26BrN3. The molecule has 0 bridgehead atoms. The Morgan fingerprint density at radius 1 is 0.724 bits per heavy atom. The molecule has 148 valence electrons. The first-order valence-corrected chi connectivity index (χ1v) is 10.4. The molecule has 3 nitrogen and oxygen atoms in total. The van der Waals surface area contributed by atoms with Crippen molar-refractivity contribution in [2.24, 2.45) is 10.5 Å². The monoisotopic (exact) mass is 447 g/mol. The van der Waals surface area contributed by atoms with Crippen LogP contribution in [-0.2, 0) is 5.54 Å². The van der Waals surface area contributed by atoms with Crippen LogP contribution < -0.4 is 5.43 Å².